The zero-order valence-corrected chi connectivity index (χ0v) is 11.9. The van der Waals surface area contributed by atoms with Crippen molar-refractivity contribution in [1.82, 2.24) is 25.0 Å². The number of amides is 1. The molecule has 7 nitrogen and oxygen atoms in total. The molecule has 0 aliphatic carbocycles. The number of pyridine rings is 1. The Kier molecular flexibility index (Phi) is 3.92. The van der Waals surface area contributed by atoms with Gasteiger partial charge < -0.3 is 9.32 Å². The van der Waals surface area contributed by atoms with Gasteiger partial charge in [0.2, 0.25) is 11.8 Å². The van der Waals surface area contributed by atoms with Gasteiger partial charge >= 0.3 is 0 Å². The van der Waals surface area contributed by atoms with Crippen molar-refractivity contribution in [1.29, 1.82) is 0 Å². The molecule has 0 bridgehead atoms. The highest BCUT2D eigenvalue weighted by Crippen LogP contribution is 2.10. The third kappa shape index (κ3) is 3.25. The number of piperazine rings is 1. The zero-order chi connectivity index (χ0) is 14.7. The Balaban J connectivity index is 1.54. The summed E-state index contributed by atoms with van der Waals surface area (Å²) in [6.07, 6.45) is 3.28. The van der Waals surface area contributed by atoms with Crippen LogP contribution in [0.4, 0.5) is 0 Å². The lowest BCUT2D eigenvalue weighted by atomic mass is 10.2. The van der Waals surface area contributed by atoms with Gasteiger partial charge in [0.25, 0.3) is 5.91 Å². The summed E-state index contributed by atoms with van der Waals surface area (Å²) in [5.41, 5.74) is 0.686. The molecule has 1 amide bonds. The second-order valence-electron chi connectivity index (χ2n) is 5.02. The van der Waals surface area contributed by atoms with Crippen molar-refractivity contribution in [2.45, 2.75) is 13.5 Å². The maximum absolute atomic E-state index is 12.3. The van der Waals surface area contributed by atoms with Gasteiger partial charge in [0.05, 0.1) is 6.54 Å². The summed E-state index contributed by atoms with van der Waals surface area (Å²) >= 11 is 0. The highest BCUT2D eigenvalue weighted by atomic mass is 16.4. The van der Waals surface area contributed by atoms with Gasteiger partial charge in [-0.15, -0.1) is 10.2 Å². The fourth-order valence-electron chi connectivity index (χ4n) is 2.38. The van der Waals surface area contributed by atoms with Crippen molar-refractivity contribution in [2.24, 2.45) is 0 Å². The predicted molar refractivity (Wildman–Crippen MR) is 74.5 cm³/mol. The minimum absolute atomic E-state index is 0.0608. The van der Waals surface area contributed by atoms with Crippen LogP contribution in [0, 0.1) is 6.92 Å². The molecule has 21 heavy (non-hydrogen) atoms. The molecule has 110 valence electrons. The van der Waals surface area contributed by atoms with Crippen LogP contribution in [0.15, 0.2) is 28.9 Å². The highest BCUT2D eigenvalue weighted by molar-refractivity contribution is 5.94. The summed E-state index contributed by atoms with van der Waals surface area (Å²) in [4.78, 5) is 20.3. The summed E-state index contributed by atoms with van der Waals surface area (Å²) in [6.45, 7) is 5.43. The lowest BCUT2D eigenvalue weighted by Gasteiger charge is -2.34. The fourth-order valence-corrected chi connectivity index (χ4v) is 2.38. The van der Waals surface area contributed by atoms with E-state index in [1.165, 1.54) is 0 Å². The Morgan fingerprint density at radius 3 is 2.52 bits per heavy atom. The van der Waals surface area contributed by atoms with E-state index in [0.29, 0.717) is 37.0 Å². The molecule has 0 saturated carbocycles. The van der Waals surface area contributed by atoms with Crippen molar-refractivity contribution in [3.05, 3.63) is 41.9 Å². The van der Waals surface area contributed by atoms with Crippen LogP contribution < -0.4 is 0 Å². The van der Waals surface area contributed by atoms with Crippen molar-refractivity contribution >= 4 is 5.91 Å². The quantitative estimate of drug-likeness (QED) is 0.828. The number of aryl methyl sites for hydroxylation is 1. The number of nitrogens with zero attached hydrogens (tertiary/aromatic N) is 5. The lowest BCUT2D eigenvalue weighted by Crippen LogP contribution is -2.48. The van der Waals surface area contributed by atoms with E-state index in [4.69, 9.17) is 4.42 Å². The van der Waals surface area contributed by atoms with E-state index in [0.717, 1.165) is 13.1 Å². The van der Waals surface area contributed by atoms with Crippen LogP contribution in [0.1, 0.15) is 22.1 Å². The Morgan fingerprint density at radius 2 is 1.90 bits per heavy atom. The fraction of sp³-hybridized carbons (Fsp3) is 0.429. The molecule has 3 heterocycles. The molecular weight excluding hydrogens is 270 g/mol. The van der Waals surface area contributed by atoms with Crippen LogP contribution in [0.2, 0.25) is 0 Å². The van der Waals surface area contributed by atoms with Gasteiger partial charge in [-0.3, -0.25) is 14.7 Å². The molecule has 1 aliphatic heterocycles. The molecule has 2 aromatic heterocycles. The minimum atomic E-state index is 0.0608. The molecular formula is C14H17N5O2. The number of rotatable bonds is 3. The second kappa shape index (κ2) is 6.01. The SMILES string of the molecule is Cc1nnc(CN2CCN(C(=O)c3ccncc3)CC2)o1. The number of hydrogen-bond donors (Lipinski definition) is 0. The van der Waals surface area contributed by atoms with Gasteiger partial charge in [-0.1, -0.05) is 0 Å². The van der Waals surface area contributed by atoms with Gasteiger partial charge in [-0.25, -0.2) is 0 Å². The van der Waals surface area contributed by atoms with Crippen LogP contribution in [-0.2, 0) is 6.54 Å². The lowest BCUT2D eigenvalue weighted by molar-refractivity contribution is 0.0617. The van der Waals surface area contributed by atoms with Gasteiger partial charge in [-0.05, 0) is 12.1 Å². The smallest absolute Gasteiger partial charge is 0.254 e. The minimum Gasteiger partial charge on any atom is -0.424 e. The molecule has 0 N–H and O–H groups in total. The molecule has 1 saturated heterocycles. The van der Waals surface area contributed by atoms with Crippen molar-refractivity contribution < 1.29 is 9.21 Å². The maximum atomic E-state index is 12.3. The molecule has 2 aromatic rings. The molecule has 0 aromatic carbocycles. The second-order valence-corrected chi connectivity index (χ2v) is 5.02. The number of carbonyl (C=O) groups excluding carboxylic acids is 1. The molecule has 0 unspecified atom stereocenters. The largest absolute Gasteiger partial charge is 0.424 e. The van der Waals surface area contributed by atoms with E-state index in [1.54, 1.807) is 31.5 Å². The number of carbonyl (C=O) groups is 1. The Morgan fingerprint density at radius 1 is 1.19 bits per heavy atom. The van der Waals surface area contributed by atoms with E-state index in [1.807, 2.05) is 4.90 Å². The Labute approximate surface area is 122 Å². The van der Waals surface area contributed by atoms with Gasteiger partial charge in [0.15, 0.2) is 0 Å². The van der Waals surface area contributed by atoms with Crippen LogP contribution in [0.25, 0.3) is 0 Å². The van der Waals surface area contributed by atoms with Crippen LogP contribution in [0.3, 0.4) is 0 Å². The van der Waals surface area contributed by atoms with E-state index in [2.05, 4.69) is 20.1 Å². The van der Waals surface area contributed by atoms with Crippen molar-refractivity contribution in [3.8, 4) is 0 Å². The third-order valence-electron chi connectivity index (χ3n) is 3.51. The first-order valence-corrected chi connectivity index (χ1v) is 6.93. The molecule has 0 radical (unpaired) electrons. The first kappa shape index (κ1) is 13.7. The highest BCUT2D eigenvalue weighted by Gasteiger charge is 2.23. The van der Waals surface area contributed by atoms with Gasteiger partial charge in [0, 0.05) is 51.1 Å². The third-order valence-corrected chi connectivity index (χ3v) is 3.51. The summed E-state index contributed by atoms with van der Waals surface area (Å²) < 4.78 is 5.38. The molecule has 7 heteroatoms. The topological polar surface area (TPSA) is 75.4 Å². The van der Waals surface area contributed by atoms with E-state index in [9.17, 15) is 4.79 Å². The van der Waals surface area contributed by atoms with Crippen LogP contribution >= 0.6 is 0 Å². The van der Waals surface area contributed by atoms with Crippen molar-refractivity contribution in [2.75, 3.05) is 26.2 Å². The predicted octanol–water partition coefficient (Wildman–Crippen LogP) is 0.731. The molecule has 3 rings (SSSR count). The summed E-state index contributed by atoms with van der Waals surface area (Å²) in [5, 5.41) is 7.82. The van der Waals surface area contributed by atoms with E-state index >= 15 is 0 Å². The average Bonchev–Trinajstić information content (AvgIpc) is 2.93. The number of hydrogen-bond acceptors (Lipinski definition) is 6. The van der Waals surface area contributed by atoms with E-state index in [-0.39, 0.29) is 5.91 Å². The van der Waals surface area contributed by atoms with Crippen LogP contribution in [-0.4, -0.2) is 57.1 Å². The van der Waals surface area contributed by atoms with Gasteiger partial charge in [0.1, 0.15) is 0 Å². The first-order valence-electron chi connectivity index (χ1n) is 6.93. The molecule has 1 fully saturated rings. The average molecular weight is 287 g/mol. The summed E-state index contributed by atoms with van der Waals surface area (Å²) in [6, 6.07) is 3.49. The monoisotopic (exact) mass is 287 g/mol. The Bertz CT molecular complexity index is 605. The standard InChI is InChI=1S/C14H17N5O2/c1-11-16-17-13(21-11)10-18-6-8-19(9-7-18)14(20)12-2-4-15-5-3-12/h2-5H,6-10H2,1H3. The zero-order valence-electron chi connectivity index (χ0n) is 11.9. The number of aromatic nitrogens is 3. The molecule has 0 spiro atoms. The van der Waals surface area contributed by atoms with Crippen molar-refractivity contribution in [3.63, 3.8) is 0 Å². The van der Waals surface area contributed by atoms with Crippen LogP contribution in [0.5, 0.6) is 0 Å². The summed E-state index contributed by atoms with van der Waals surface area (Å²) in [7, 11) is 0. The first-order chi connectivity index (χ1) is 10.2. The molecule has 1 aliphatic rings. The Hall–Kier alpha value is -2.28. The molecule has 0 atom stereocenters. The van der Waals surface area contributed by atoms with Gasteiger partial charge in [-0.2, -0.15) is 0 Å². The van der Waals surface area contributed by atoms with E-state index < -0.39 is 0 Å². The maximum Gasteiger partial charge on any atom is 0.254 e. The normalized spacial score (nSPS) is 16.1. The summed E-state index contributed by atoms with van der Waals surface area (Å²) in [5.74, 6) is 1.27.